The van der Waals surface area contributed by atoms with E-state index in [9.17, 15) is 8.42 Å². The molecule has 1 aliphatic heterocycles. The molecule has 1 atom stereocenters. The molecule has 14 heavy (non-hydrogen) atoms. The predicted octanol–water partition coefficient (Wildman–Crippen LogP) is -0.475. The quantitative estimate of drug-likeness (QED) is 0.674. The minimum Gasteiger partial charge on any atom is -0.312 e. The fourth-order valence-electron chi connectivity index (χ4n) is 1.44. The Kier molecular flexibility index (Phi) is 4.31. The van der Waals surface area contributed by atoms with Gasteiger partial charge < -0.3 is 5.32 Å². The normalized spacial score (nSPS) is 25.1. The van der Waals surface area contributed by atoms with Crippen LogP contribution in [0, 0.1) is 0 Å². The van der Waals surface area contributed by atoms with E-state index in [-0.39, 0.29) is 6.04 Å². The van der Waals surface area contributed by atoms with Crippen LogP contribution in [0.1, 0.15) is 20.3 Å². The van der Waals surface area contributed by atoms with Crippen LogP contribution in [-0.4, -0.2) is 44.9 Å². The summed E-state index contributed by atoms with van der Waals surface area (Å²) in [4.78, 5) is 0. The lowest BCUT2D eigenvalue weighted by molar-refractivity contribution is 0.306. The number of hydrogen-bond acceptors (Lipinski definition) is 3. The second kappa shape index (κ2) is 5.06. The second-order valence-corrected chi connectivity index (χ2v) is 5.37. The maximum atomic E-state index is 11.7. The van der Waals surface area contributed by atoms with Gasteiger partial charge in [0.15, 0.2) is 0 Å². The summed E-state index contributed by atoms with van der Waals surface area (Å²) in [6.45, 7) is 6.29. The lowest BCUT2D eigenvalue weighted by atomic mass is 10.3. The Morgan fingerprint density at radius 2 is 2.29 bits per heavy atom. The van der Waals surface area contributed by atoms with Gasteiger partial charge in [-0.3, -0.25) is 0 Å². The Morgan fingerprint density at radius 3 is 2.86 bits per heavy atom. The Morgan fingerprint density at radius 1 is 1.57 bits per heavy atom. The van der Waals surface area contributed by atoms with Gasteiger partial charge in [-0.2, -0.15) is 12.7 Å². The molecular weight excluding hydrogens is 202 g/mol. The topological polar surface area (TPSA) is 61.4 Å². The maximum absolute atomic E-state index is 11.7. The molecule has 0 aromatic rings. The van der Waals surface area contributed by atoms with Gasteiger partial charge in [-0.25, -0.2) is 4.72 Å². The van der Waals surface area contributed by atoms with Gasteiger partial charge >= 0.3 is 0 Å². The first kappa shape index (κ1) is 11.9. The molecule has 1 rings (SSSR count). The summed E-state index contributed by atoms with van der Waals surface area (Å²) in [7, 11) is -3.24. The summed E-state index contributed by atoms with van der Waals surface area (Å²) in [6, 6.07) is 0.238. The lowest BCUT2D eigenvalue weighted by Gasteiger charge is -2.30. The number of nitrogens with one attached hydrogen (secondary N) is 2. The molecule has 0 spiro atoms. The highest BCUT2D eigenvalue weighted by Crippen LogP contribution is 2.03. The smallest absolute Gasteiger partial charge is 0.279 e. The summed E-state index contributed by atoms with van der Waals surface area (Å²) >= 11 is 0. The van der Waals surface area contributed by atoms with Crippen LogP contribution < -0.4 is 10.0 Å². The molecule has 0 aromatic heterocycles. The van der Waals surface area contributed by atoms with Crippen molar-refractivity contribution in [1.29, 1.82) is 0 Å². The highest BCUT2D eigenvalue weighted by Gasteiger charge is 2.25. The van der Waals surface area contributed by atoms with Crippen molar-refractivity contribution in [2.75, 3.05) is 26.2 Å². The zero-order valence-electron chi connectivity index (χ0n) is 8.78. The van der Waals surface area contributed by atoms with Crippen molar-refractivity contribution >= 4 is 10.2 Å². The summed E-state index contributed by atoms with van der Waals surface area (Å²) in [5, 5.41) is 3.21. The molecule has 0 bridgehead atoms. The van der Waals surface area contributed by atoms with Gasteiger partial charge in [0.2, 0.25) is 0 Å². The molecular formula is C8H19N3O2S. The zero-order valence-corrected chi connectivity index (χ0v) is 9.60. The molecule has 84 valence electrons. The van der Waals surface area contributed by atoms with Crippen molar-refractivity contribution in [2.45, 2.75) is 26.3 Å². The summed E-state index contributed by atoms with van der Waals surface area (Å²) < 4.78 is 27.4. The molecule has 0 aromatic carbocycles. The van der Waals surface area contributed by atoms with E-state index >= 15 is 0 Å². The molecule has 5 nitrogen and oxygen atoms in total. The predicted molar refractivity (Wildman–Crippen MR) is 56.3 cm³/mol. The van der Waals surface area contributed by atoms with E-state index in [1.807, 2.05) is 13.8 Å². The van der Waals surface area contributed by atoms with E-state index in [2.05, 4.69) is 10.0 Å². The minimum absolute atomic E-state index is 0.238. The molecule has 2 N–H and O–H groups in total. The van der Waals surface area contributed by atoms with Crippen LogP contribution in [0.25, 0.3) is 0 Å². The van der Waals surface area contributed by atoms with Crippen LogP contribution in [0.3, 0.4) is 0 Å². The van der Waals surface area contributed by atoms with Crippen LogP contribution >= 0.6 is 0 Å². The van der Waals surface area contributed by atoms with Crippen LogP contribution in [-0.2, 0) is 10.2 Å². The Balaban J connectivity index is 2.53. The summed E-state index contributed by atoms with van der Waals surface area (Å²) in [5.41, 5.74) is 0. The van der Waals surface area contributed by atoms with E-state index < -0.39 is 10.2 Å². The highest BCUT2D eigenvalue weighted by molar-refractivity contribution is 7.87. The minimum atomic E-state index is -3.24. The van der Waals surface area contributed by atoms with Crippen molar-refractivity contribution in [2.24, 2.45) is 0 Å². The molecule has 0 amide bonds. The molecule has 1 fully saturated rings. The second-order valence-electron chi connectivity index (χ2n) is 3.61. The van der Waals surface area contributed by atoms with Gasteiger partial charge in [-0.05, 0) is 13.3 Å². The summed E-state index contributed by atoms with van der Waals surface area (Å²) in [6.07, 6.45) is 0.820. The molecule has 0 radical (unpaired) electrons. The Bertz CT molecular complexity index is 266. The molecule has 0 saturated carbocycles. The van der Waals surface area contributed by atoms with Crippen LogP contribution in [0.5, 0.6) is 0 Å². The van der Waals surface area contributed by atoms with Gasteiger partial charge in [0.05, 0.1) is 0 Å². The first-order valence-electron chi connectivity index (χ1n) is 5.04. The largest absolute Gasteiger partial charge is 0.312 e. The Hall–Kier alpha value is -0.170. The monoisotopic (exact) mass is 221 g/mol. The first-order valence-corrected chi connectivity index (χ1v) is 6.48. The zero-order chi connectivity index (χ0) is 10.6. The first-order chi connectivity index (χ1) is 6.56. The van der Waals surface area contributed by atoms with E-state index in [0.29, 0.717) is 19.6 Å². The fourth-order valence-corrected chi connectivity index (χ4v) is 2.83. The van der Waals surface area contributed by atoms with Gasteiger partial charge in [-0.15, -0.1) is 0 Å². The third-order valence-electron chi connectivity index (χ3n) is 2.21. The third kappa shape index (κ3) is 3.20. The van der Waals surface area contributed by atoms with E-state index in [0.717, 1.165) is 13.0 Å². The van der Waals surface area contributed by atoms with Gasteiger partial charge in [0.1, 0.15) is 0 Å². The third-order valence-corrected chi connectivity index (χ3v) is 3.79. The SMILES string of the molecule is CCCNS(=O)(=O)N1CCN[C@H](C)C1. The molecule has 1 aliphatic rings. The van der Waals surface area contributed by atoms with E-state index in [4.69, 9.17) is 0 Å². The number of nitrogens with zero attached hydrogens (tertiary/aromatic N) is 1. The van der Waals surface area contributed by atoms with Crippen molar-refractivity contribution in [3.05, 3.63) is 0 Å². The number of hydrogen-bond donors (Lipinski definition) is 2. The van der Waals surface area contributed by atoms with Crippen molar-refractivity contribution in [3.63, 3.8) is 0 Å². The average Bonchev–Trinajstić information content (AvgIpc) is 2.15. The molecule has 1 heterocycles. The highest BCUT2D eigenvalue weighted by atomic mass is 32.2. The molecule has 0 aliphatic carbocycles. The molecule has 6 heteroatoms. The summed E-state index contributed by atoms with van der Waals surface area (Å²) in [5.74, 6) is 0. The Labute approximate surface area is 86.0 Å². The average molecular weight is 221 g/mol. The van der Waals surface area contributed by atoms with E-state index in [1.54, 1.807) is 0 Å². The number of piperazine rings is 1. The van der Waals surface area contributed by atoms with Crippen molar-refractivity contribution in [1.82, 2.24) is 14.3 Å². The standard InChI is InChI=1S/C8H19N3O2S/c1-3-4-10-14(12,13)11-6-5-9-8(2)7-11/h8-10H,3-7H2,1-2H3/t8-/m1/s1. The van der Waals surface area contributed by atoms with Gasteiger partial charge in [0, 0.05) is 32.2 Å². The lowest BCUT2D eigenvalue weighted by Crippen LogP contribution is -2.54. The molecule has 1 saturated heterocycles. The number of rotatable bonds is 4. The van der Waals surface area contributed by atoms with Crippen LogP contribution in [0.4, 0.5) is 0 Å². The van der Waals surface area contributed by atoms with Crippen molar-refractivity contribution < 1.29 is 8.42 Å². The fraction of sp³-hybridized carbons (Fsp3) is 1.00. The van der Waals surface area contributed by atoms with Crippen LogP contribution in [0.2, 0.25) is 0 Å². The van der Waals surface area contributed by atoms with E-state index in [1.165, 1.54) is 4.31 Å². The molecule has 0 unspecified atom stereocenters. The van der Waals surface area contributed by atoms with Gasteiger partial charge in [-0.1, -0.05) is 6.92 Å². The van der Waals surface area contributed by atoms with Crippen LogP contribution in [0.15, 0.2) is 0 Å². The van der Waals surface area contributed by atoms with Gasteiger partial charge in [0.25, 0.3) is 10.2 Å². The maximum Gasteiger partial charge on any atom is 0.279 e. The van der Waals surface area contributed by atoms with Crippen molar-refractivity contribution in [3.8, 4) is 0 Å².